The second-order valence-corrected chi connectivity index (χ2v) is 2.77. The summed E-state index contributed by atoms with van der Waals surface area (Å²) in [4.78, 5) is 0. The van der Waals surface area contributed by atoms with Gasteiger partial charge in [0.1, 0.15) is 11.6 Å². The minimum Gasteiger partial charge on any atom is -0.497 e. The van der Waals surface area contributed by atoms with Gasteiger partial charge in [-0.05, 0) is 17.7 Å². The molecule has 13 heavy (non-hydrogen) atoms. The summed E-state index contributed by atoms with van der Waals surface area (Å²) in [6, 6.07) is 4.00. The Kier molecular flexibility index (Phi) is 3.22. The van der Waals surface area contributed by atoms with Gasteiger partial charge in [-0.25, -0.2) is 4.39 Å². The van der Waals surface area contributed by atoms with Crippen molar-refractivity contribution < 1.29 is 9.13 Å². The van der Waals surface area contributed by atoms with Gasteiger partial charge in [0, 0.05) is 18.7 Å². The highest BCUT2D eigenvalue weighted by molar-refractivity contribution is 5.31. The number of benzene rings is 1. The number of rotatable bonds is 3. The van der Waals surface area contributed by atoms with E-state index in [1.807, 2.05) is 0 Å². The summed E-state index contributed by atoms with van der Waals surface area (Å²) in [6.45, 7) is 0.284. The van der Waals surface area contributed by atoms with E-state index < -0.39 is 0 Å². The van der Waals surface area contributed by atoms with Crippen molar-refractivity contribution in [2.45, 2.75) is 6.04 Å². The maximum atomic E-state index is 12.9. The molecule has 0 aliphatic heterocycles. The van der Waals surface area contributed by atoms with Crippen LogP contribution in [0.25, 0.3) is 0 Å². The smallest absolute Gasteiger partial charge is 0.127 e. The topological polar surface area (TPSA) is 61.3 Å². The van der Waals surface area contributed by atoms with Crippen LogP contribution < -0.4 is 16.2 Å². The fourth-order valence-corrected chi connectivity index (χ4v) is 1.05. The van der Waals surface area contributed by atoms with E-state index in [0.29, 0.717) is 11.3 Å². The summed E-state index contributed by atoms with van der Waals surface area (Å²) >= 11 is 0. The van der Waals surface area contributed by atoms with Gasteiger partial charge in [0.05, 0.1) is 7.11 Å². The first-order chi connectivity index (χ1) is 6.17. The molecule has 0 aromatic heterocycles. The van der Waals surface area contributed by atoms with Crippen LogP contribution in [0.2, 0.25) is 0 Å². The molecule has 0 aliphatic carbocycles. The number of methoxy groups -OCH3 is 1. The van der Waals surface area contributed by atoms with Crippen molar-refractivity contribution in [2.24, 2.45) is 11.5 Å². The van der Waals surface area contributed by atoms with Crippen LogP contribution in [0.3, 0.4) is 0 Å². The summed E-state index contributed by atoms with van der Waals surface area (Å²) < 4.78 is 17.8. The molecule has 0 radical (unpaired) electrons. The molecule has 0 amide bonds. The molecule has 0 bridgehead atoms. The van der Waals surface area contributed by atoms with Gasteiger partial charge in [-0.15, -0.1) is 0 Å². The minimum atomic E-state index is -0.363. The van der Waals surface area contributed by atoms with Crippen LogP contribution in [-0.4, -0.2) is 13.7 Å². The fourth-order valence-electron chi connectivity index (χ4n) is 1.05. The predicted molar refractivity (Wildman–Crippen MR) is 48.9 cm³/mol. The van der Waals surface area contributed by atoms with Crippen LogP contribution in [0.4, 0.5) is 4.39 Å². The summed E-state index contributed by atoms with van der Waals surface area (Å²) in [5, 5.41) is 0. The molecule has 4 N–H and O–H groups in total. The summed E-state index contributed by atoms with van der Waals surface area (Å²) in [6.07, 6.45) is 0. The second kappa shape index (κ2) is 4.20. The third-order valence-corrected chi connectivity index (χ3v) is 1.81. The van der Waals surface area contributed by atoms with E-state index in [4.69, 9.17) is 16.2 Å². The Hall–Kier alpha value is -1.13. The van der Waals surface area contributed by atoms with Crippen LogP contribution in [0.1, 0.15) is 11.6 Å². The quantitative estimate of drug-likeness (QED) is 0.730. The fraction of sp³-hybridized carbons (Fsp3) is 0.333. The van der Waals surface area contributed by atoms with E-state index >= 15 is 0 Å². The molecule has 0 saturated heterocycles. The molecule has 0 aliphatic rings. The Balaban J connectivity index is 3.01. The predicted octanol–water partition coefficient (Wildman–Crippen LogP) is 0.793. The van der Waals surface area contributed by atoms with Crippen molar-refractivity contribution in [1.29, 1.82) is 0 Å². The van der Waals surface area contributed by atoms with Crippen molar-refractivity contribution in [1.82, 2.24) is 0 Å². The number of hydrogen-bond acceptors (Lipinski definition) is 3. The zero-order valence-electron chi connectivity index (χ0n) is 7.46. The standard InChI is InChI=1S/C9H13FN2O/c1-13-8-3-6(9(12)5-11)2-7(10)4-8/h2-4,9H,5,11-12H2,1H3/t9-/m1/s1. The maximum Gasteiger partial charge on any atom is 0.127 e. The number of nitrogens with two attached hydrogens (primary N) is 2. The third-order valence-electron chi connectivity index (χ3n) is 1.81. The summed E-state index contributed by atoms with van der Waals surface area (Å²) in [7, 11) is 1.48. The lowest BCUT2D eigenvalue weighted by Crippen LogP contribution is -2.20. The summed E-state index contributed by atoms with van der Waals surface area (Å²) in [5.41, 5.74) is 11.6. The van der Waals surface area contributed by atoms with E-state index in [0.717, 1.165) is 0 Å². The Morgan fingerprint density at radius 1 is 1.46 bits per heavy atom. The van der Waals surface area contributed by atoms with Gasteiger partial charge in [-0.1, -0.05) is 0 Å². The molecular weight excluding hydrogens is 171 g/mol. The van der Waals surface area contributed by atoms with Gasteiger partial charge in [0.2, 0.25) is 0 Å². The van der Waals surface area contributed by atoms with Crippen LogP contribution in [0.15, 0.2) is 18.2 Å². The van der Waals surface area contributed by atoms with Crippen LogP contribution in [-0.2, 0) is 0 Å². The van der Waals surface area contributed by atoms with Gasteiger partial charge in [0.15, 0.2) is 0 Å². The van der Waals surface area contributed by atoms with Gasteiger partial charge >= 0.3 is 0 Å². The third kappa shape index (κ3) is 2.40. The lowest BCUT2D eigenvalue weighted by atomic mass is 10.1. The van der Waals surface area contributed by atoms with E-state index in [1.54, 1.807) is 6.07 Å². The molecule has 4 heteroatoms. The molecule has 0 unspecified atom stereocenters. The Labute approximate surface area is 76.5 Å². The zero-order valence-corrected chi connectivity index (χ0v) is 7.46. The molecule has 0 spiro atoms. The molecule has 1 atom stereocenters. The normalized spacial score (nSPS) is 12.6. The Morgan fingerprint density at radius 3 is 2.69 bits per heavy atom. The van der Waals surface area contributed by atoms with Crippen LogP contribution in [0, 0.1) is 5.82 Å². The van der Waals surface area contributed by atoms with Gasteiger partial charge < -0.3 is 16.2 Å². The van der Waals surface area contributed by atoms with Crippen molar-refractivity contribution in [3.8, 4) is 5.75 Å². The maximum absolute atomic E-state index is 12.9. The highest BCUT2D eigenvalue weighted by atomic mass is 19.1. The van der Waals surface area contributed by atoms with Crippen LogP contribution >= 0.6 is 0 Å². The SMILES string of the molecule is COc1cc(F)cc([C@H](N)CN)c1. The van der Waals surface area contributed by atoms with E-state index in [2.05, 4.69) is 0 Å². The van der Waals surface area contributed by atoms with Crippen LogP contribution in [0.5, 0.6) is 5.75 Å². The average molecular weight is 184 g/mol. The summed E-state index contributed by atoms with van der Waals surface area (Å²) in [5.74, 6) is 0.0946. The first-order valence-electron chi connectivity index (χ1n) is 3.97. The van der Waals surface area contributed by atoms with E-state index in [9.17, 15) is 4.39 Å². The zero-order chi connectivity index (χ0) is 9.84. The van der Waals surface area contributed by atoms with E-state index in [1.165, 1.54) is 19.2 Å². The van der Waals surface area contributed by atoms with E-state index in [-0.39, 0.29) is 18.4 Å². The molecular formula is C9H13FN2O. The lowest BCUT2D eigenvalue weighted by molar-refractivity contribution is 0.410. The first-order valence-corrected chi connectivity index (χ1v) is 3.97. The Morgan fingerprint density at radius 2 is 2.15 bits per heavy atom. The first kappa shape index (κ1) is 9.95. The van der Waals surface area contributed by atoms with Crippen molar-refractivity contribution in [3.63, 3.8) is 0 Å². The van der Waals surface area contributed by atoms with Crippen molar-refractivity contribution in [3.05, 3.63) is 29.6 Å². The van der Waals surface area contributed by atoms with Gasteiger partial charge in [-0.3, -0.25) is 0 Å². The second-order valence-electron chi connectivity index (χ2n) is 2.77. The molecule has 1 aromatic carbocycles. The lowest BCUT2D eigenvalue weighted by Gasteiger charge is -2.10. The number of halogens is 1. The Bertz CT molecular complexity index is 291. The van der Waals surface area contributed by atoms with Gasteiger partial charge in [0.25, 0.3) is 0 Å². The number of hydrogen-bond donors (Lipinski definition) is 2. The molecule has 0 saturated carbocycles. The number of ether oxygens (including phenoxy) is 1. The molecule has 0 fully saturated rings. The molecule has 1 aromatic rings. The molecule has 0 heterocycles. The van der Waals surface area contributed by atoms with Crippen molar-refractivity contribution in [2.75, 3.05) is 13.7 Å². The highest BCUT2D eigenvalue weighted by Crippen LogP contribution is 2.19. The van der Waals surface area contributed by atoms with Crippen molar-refractivity contribution >= 4 is 0 Å². The minimum absolute atomic E-state index is 0.284. The largest absolute Gasteiger partial charge is 0.497 e. The van der Waals surface area contributed by atoms with Gasteiger partial charge in [-0.2, -0.15) is 0 Å². The average Bonchev–Trinajstić information content (AvgIpc) is 2.15. The molecule has 3 nitrogen and oxygen atoms in total. The monoisotopic (exact) mass is 184 g/mol. The molecule has 72 valence electrons. The molecule has 1 rings (SSSR count). The highest BCUT2D eigenvalue weighted by Gasteiger charge is 2.06.